The highest BCUT2D eigenvalue weighted by Gasteiger charge is 2.04. The van der Waals surface area contributed by atoms with Crippen molar-refractivity contribution in [1.82, 2.24) is 5.32 Å². The first-order chi connectivity index (χ1) is 13.4. The Bertz CT molecular complexity index is 820. The second-order valence-electron chi connectivity index (χ2n) is 5.31. The third kappa shape index (κ3) is 7.97. The van der Waals surface area contributed by atoms with Gasteiger partial charge in [0.25, 0.3) is 0 Å². The second kappa shape index (κ2) is 12.2. The number of carbonyl (C=O) groups excluding carboxylic acids is 2. The van der Waals surface area contributed by atoms with Gasteiger partial charge < -0.3 is 20.1 Å². The minimum atomic E-state index is -0.225. The van der Waals surface area contributed by atoms with Gasteiger partial charge in [0.1, 0.15) is 0 Å². The first-order valence-electron chi connectivity index (χ1n) is 8.23. The highest BCUT2D eigenvalue weighted by atomic mass is 35.5. The summed E-state index contributed by atoms with van der Waals surface area (Å²) in [6, 6.07) is 12.4. The van der Waals surface area contributed by atoms with Gasteiger partial charge in [-0.05, 0) is 54.1 Å². The number of benzene rings is 2. The predicted molar refractivity (Wildman–Crippen MR) is 112 cm³/mol. The zero-order valence-electron chi connectivity index (χ0n) is 15.8. The molecule has 2 aromatic carbocycles. The van der Waals surface area contributed by atoms with Crippen LogP contribution in [-0.2, 0) is 16.1 Å². The van der Waals surface area contributed by atoms with Crippen molar-refractivity contribution in [3.8, 4) is 11.5 Å². The normalized spacial score (nSPS) is 9.25. The number of nitrogens with one attached hydrogen (secondary N) is 2. The van der Waals surface area contributed by atoms with Crippen molar-refractivity contribution in [3.05, 3.63) is 78.4 Å². The van der Waals surface area contributed by atoms with Gasteiger partial charge in [-0.3, -0.25) is 9.59 Å². The lowest BCUT2D eigenvalue weighted by Gasteiger charge is -2.09. The summed E-state index contributed by atoms with van der Waals surface area (Å²) in [6.45, 7) is 7.15. The minimum Gasteiger partial charge on any atom is -0.493 e. The Morgan fingerprint density at radius 2 is 1.57 bits per heavy atom. The third-order valence-electron chi connectivity index (χ3n) is 3.40. The molecule has 6 nitrogen and oxygen atoms in total. The molecule has 28 heavy (non-hydrogen) atoms. The molecule has 0 aliphatic carbocycles. The van der Waals surface area contributed by atoms with Crippen LogP contribution in [0.2, 0.25) is 5.02 Å². The van der Waals surface area contributed by atoms with Crippen molar-refractivity contribution in [2.75, 3.05) is 19.5 Å². The van der Waals surface area contributed by atoms with Gasteiger partial charge in [0, 0.05) is 17.3 Å². The predicted octanol–water partition coefficient (Wildman–Crippen LogP) is 3.97. The van der Waals surface area contributed by atoms with Crippen molar-refractivity contribution >= 4 is 29.1 Å². The largest absolute Gasteiger partial charge is 0.493 e. The summed E-state index contributed by atoms with van der Waals surface area (Å²) >= 11 is 5.65. The lowest BCUT2D eigenvalue weighted by molar-refractivity contribution is -0.116. The first kappa shape index (κ1) is 22.8. The fourth-order valence-corrected chi connectivity index (χ4v) is 2.10. The first-order valence-corrected chi connectivity index (χ1v) is 8.61. The number of amides is 2. The van der Waals surface area contributed by atoms with Gasteiger partial charge in [-0.25, -0.2) is 0 Å². The van der Waals surface area contributed by atoms with Crippen molar-refractivity contribution < 1.29 is 19.1 Å². The number of rotatable bonds is 7. The van der Waals surface area contributed by atoms with E-state index in [2.05, 4.69) is 23.8 Å². The van der Waals surface area contributed by atoms with Crippen LogP contribution in [-0.4, -0.2) is 26.0 Å². The monoisotopic (exact) mass is 402 g/mol. The Morgan fingerprint density at radius 3 is 2.11 bits per heavy atom. The number of ether oxygens (including phenoxy) is 2. The highest BCUT2D eigenvalue weighted by Crippen LogP contribution is 2.27. The summed E-state index contributed by atoms with van der Waals surface area (Å²) in [5.41, 5.74) is 1.65. The quantitative estimate of drug-likeness (QED) is 0.687. The maximum absolute atomic E-state index is 11.0. The van der Waals surface area contributed by atoms with Crippen LogP contribution >= 0.6 is 11.6 Å². The van der Waals surface area contributed by atoms with Gasteiger partial charge in [0.05, 0.1) is 14.2 Å². The number of anilines is 1. The van der Waals surface area contributed by atoms with E-state index in [4.69, 9.17) is 21.1 Å². The molecule has 148 valence electrons. The Labute approximate surface area is 169 Å². The van der Waals surface area contributed by atoms with Crippen LogP contribution in [0.5, 0.6) is 11.5 Å². The average Bonchev–Trinajstić information content (AvgIpc) is 2.73. The van der Waals surface area contributed by atoms with Gasteiger partial charge in [-0.2, -0.15) is 0 Å². The summed E-state index contributed by atoms with van der Waals surface area (Å²) in [7, 11) is 3.15. The molecule has 0 aliphatic rings. The van der Waals surface area contributed by atoms with E-state index >= 15 is 0 Å². The molecule has 2 aromatic rings. The van der Waals surface area contributed by atoms with E-state index in [-0.39, 0.29) is 11.8 Å². The lowest BCUT2D eigenvalue weighted by atomic mass is 10.2. The number of hydrogen-bond acceptors (Lipinski definition) is 4. The van der Waals surface area contributed by atoms with Gasteiger partial charge in [-0.15, -0.1) is 0 Å². The maximum atomic E-state index is 11.0. The Morgan fingerprint density at radius 1 is 0.964 bits per heavy atom. The van der Waals surface area contributed by atoms with E-state index in [9.17, 15) is 9.59 Å². The van der Waals surface area contributed by atoms with Crippen LogP contribution < -0.4 is 20.1 Å². The Balaban J connectivity index is 0.000000292. The van der Waals surface area contributed by atoms with Gasteiger partial charge in [0.2, 0.25) is 11.8 Å². The van der Waals surface area contributed by atoms with Crippen molar-refractivity contribution in [1.29, 1.82) is 0 Å². The van der Waals surface area contributed by atoms with Crippen molar-refractivity contribution in [2.24, 2.45) is 0 Å². The Hall–Kier alpha value is -3.25. The van der Waals surface area contributed by atoms with Gasteiger partial charge in [0.15, 0.2) is 11.5 Å². The molecule has 0 aliphatic heterocycles. The van der Waals surface area contributed by atoms with E-state index in [1.807, 2.05) is 12.1 Å². The molecule has 7 heteroatoms. The molecule has 0 saturated carbocycles. The Kier molecular flexibility index (Phi) is 9.93. The fraction of sp³-hybridized carbons (Fsp3) is 0.143. The molecule has 2 N–H and O–H groups in total. The number of carbonyl (C=O) groups is 2. The van der Waals surface area contributed by atoms with Crippen molar-refractivity contribution in [3.63, 3.8) is 0 Å². The van der Waals surface area contributed by atoms with Crippen LogP contribution in [0.25, 0.3) is 0 Å². The highest BCUT2D eigenvalue weighted by molar-refractivity contribution is 6.30. The minimum absolute atomic E-state index is 0.199. The molecule has 0 bridgehead atoms. The zero-order chi connectivity index (χ0) is 20.9. The van der Waals surface area contributed by atoms with Crippen LogP contribution in [0, 0.1) is 0 Å². The molecule has 0 heterocycles. The zero-order valence-corrected chi connectivity index (χ0v) is 16.6. The molecule has 0 saturated heterocycles. The summed E-state index contributed by atoms with van der Waals surface area (Å²) < 4.78 is 10.3. The molecule has 0 unspecified atom stereocenters. The summed E-state index contributed by atoms with van der Waals surface area (Å²) in [5, 5.41) is 5.93. The molecule has 0 aromatic heterocycles. The van der Waals surface area contributed by atoms with Crippen LogP contribution in [0.3, 0.4) is 0 Å². The third-order valence-corrected chi connectivity index (χ3v) is 3.65. The molecule has 2 rings (SSSR count). The van der Waals surface area contributed by atoms with Gasteiger partial charge in [-0.1, -0.05) is 30.8 Å². The van der Waals surface area contributed by atoms with E-state index in [1.54, 1.807) is 44.6 Å². The molecular weight excluding hydrogens is 380 g/mol. The van der Waals surface area contributed by atoms with E-state index in [0.717, 1.165) is 5.56 Å². The smallest absolute Gasteiger partial charge is 0.247 e. The van der Waals surface area contributed by atoms with E-state index in [0.29, 0.717) is 28.8 Å². The summed E-state index contributed by atoms with van der Waals surface area (Å²) in [4.78, 5) is 21.8. The van der Waals surface area contributed by atoms with Gasteiger partial charge >= 0.3 is 0 Å². The second-order valence-corrected chi connectivity index (χ2v) is 5.75. The standard InChI is InChI=1S/C12H15NO3.C9H8ClNO/c1-4-12(14)13-8-9-5-6-10(15-2)11(7-9)16-3;1-2-9(12)11-8-5-3-7(10)4-6-8/h4-7H,1,8H2,2-3H3,(H,13,14);2-6H,1H2,(H,11,12). The van der Waals surface area contributed by atoms with Crippen LogP contribution in [0.1, 0.15) is 5.56 Å². The van der Waals surface area contributed by atoms with E-state index < -0.39 is 0 Å². The molecule has 0 fully saturated rings. The lowest BCUT2D eigenvalue weighted by Crippen LogP contribution is -2.19. The molecular formula is C21H23ClN2O4. The van der Waals surface area contributed by atoms with Crippen LogP contribution in [0.4, 0.5) is 5.69 Å². The molecule has 2 amide bonds. The van der Waals surface area contributed by atoms with E-state index in [1.165, 1.54) is 12.2 Å². The summed E-state index contributed by atoms with van der Waals surface area (Å²) in [5.74, 6) is 0.890. The topological polar surface area (TPSA) is 76.7 Å². The molecule has 0 spiro atoms. The average molecular weight is 403 g/mol. The maximum Gasteiger partial charge on any atom is 0.247 e. The SMILES string of the molecule is C=CC(=O)NCc1ccc(OC)c(OC)c1.C=CC(=O)Nc1ccc(Cl)cc1. The fourth-order valence-electron chi connectivity index (χ4n) is 1.98. The number of hydrogen-bond donors (Lipinski definition) is 2. The number of methoxy groups -OCH3 is 2. The molecule has 0 radical (unpaired) electrons. The number of halogens is 1. The van der Waals surface area contributed by atoms with Crippen molar-refractivity contribution in [2.45, 2.75) is 6.54 Å². The molecule has 0 atom stereocenters. The van der Waals surface area contributed by atoms with Crippen LogP contribution in [0.15, 0.2) is 67.8 Å². The summed E-state index contributed by atoms with van der Waals surface area (Å²) in [6.07, 6.45) is 2.45.